The molecule has 7 heteroatoms. The number of hydrogen-bond acceptors (Lipinski definition) is 5. The van der Waals surface area contributed by atoms with Gasteiger partial charge in [0.25, 0.3) is 0 Å². The zero-order valence-electron chi connectivity index (χ0n) is 16.0. The Balaban J connectivity index is 1.69. The smallest absolute Gasteiger partial charge is 0.306 e. The van der Waals surface area contributed by atoms with Crippen LogP contribution in [0.2, 0.25) is 0 Å². The molecule has 1 heterocycles. The average Bonchev–Trinajstić information content (AvgIpc) is 2.67. The summed E-state index contributed by atoms with van der Waals surface area (Å²) in [6, 6.07) is 7.50. The maximum absolute atomic E-state index is 12.2. The highest BCUT2D eigenvalue weighted by Crippen LogP contribution is 2.14. The number of nitrogens with one attached hydrogen (secondary N) is 1. The maximum atomic E-state index is 12.2. The maximum Gasteiger partial charge on any atom is 0.306 e. The normalized spacial score (nSPS) is 14.5. The summed E-state index contributed by atoms with van der Waals surface area (Å²) in [6.07, 6.45) is 2.06. The minimum Gasteiger partial charge on any atom is -0.497 e. The van der Waals surface area contributed by atoms with E-state index in [-0.39, 0.29) is 36.7 Å². The number of piperidine rings is 1. The van der Waals surface area contributed by atoms with Gasteiger partial charge in [0.2, 0.25) is 11.8 Å². The van der Waals surface area contributed by atoms with Gasteiger partial charge in [-0.25, -0.2) is 0 Å². The molecule has 148 valence electrons. The quantitative estimate of drug-likeness (QED) is 0.698. The molecule has 1 aliphatic heterocycles. The predicted molar refractivity (Wildman–Crippen MR) is 100 cm³/mol. The van der Waals surface area contributed by atoms with E-state index in [4.69, 9.17) is 9.47 Å². The number of esters is 1. The van der Waals surface area contributed by atoms with E-state index in [0.29, 0.717) is 26.1 Å². The molecule has 0 radical (unpaired) electrons. The number of methoxy groups -OCH3 is 1. The molecule has 0 spiro atoms. The third-order valence-electron chi connectivity index (χ3n) is 4.58. The molecular formula is C20H28N2O5. The van der Waals surface area contributed by atoms with Gasteiger partial charge < -0.3 is 19.7 Å². The molecule has 0 aromatic heterocycles. The summed E-state index contributed by atoms with van der Waals surface area (Å²) < 4.78 is 9.95. The Bertz CT molecular complexity index is 636. The first-order valence-electron chi connectivity index (χ1n) is 9.37. The summed E-state index contributed by atoms with van der Waals surface area (Å²) in [5.74, 6) is 0.365. The molecule has 1 aromatic rings. The lowest BCUT2D eigenvalue weighted by Crippen LogP contribution is -2.46. The van der Waals surface area contributed by atoms with Crippen LogP contribution in [-0.4, -0.2) is 55.5 Å². The van der Waals surface area contributed by atoms with Crippen molar-refractivity contribution in [3.05, 3.63) is 29.8 Å². The summed E-state index contributed by atoms with van der Waals surface area (Å²) in [6.45, 7) is 3.26. The van der Waals surface area contributed by atoms with Gasteiger partial charge in [0.15, 0.2) is 0 Å². The summed E-state index contributed by atoms with van der Waals surface area (Å²) in [4.78, 5) is 37.5. The first-order valence-corrected chi connectivity index (χ1v) is 9.37. The van der Waals surface area contributed by atoms with Crippen LogP contribution >= 0.6 is 0 Å². The van der Waals surface area contributed by atoms with Gasteiger partial charge in [-0.15, -0.1) is 0 Å². The van der Waals surface area contributed by atoms with Crippen LogP contribution in [0, 0.1) is 0 Å². The zero-order valence-corrected chi connectivity index (χ0v) is 16.0. The number of rotatable bonds is 8. The molecule has 0 aliphatic carbocycles. The number of carbonyl (C=O) groups is 3. The predicted octanol–water partition coefficient (Wildman–Crippen LogP) is 1.69. The Labute approximate surface area is 160 Å². The summed E-state index contributed by atoms with van der Waals surface area (Å²) >= 11 is 0. The molecular weight excluding hydrogens is 348 g/mol. The van der Waals surface area contributed by atoms with E-state index in [1.54, 1.807) is 18.9 Å². The number of amides is 2. The Morgan fingerprint density at radius 2 is 1.78 bits per heavy atom. The van der Waals surface area contributed by atoms with Gasteiger partial charge in [-0.2, -0.15) is 0 Å². The molecule has 1 aromatic carbocycles. The van der Waals surface area contributed by atoms with Crippen molar-refractivity contribution in [1.29, 1.82) is 0 Å². The van der Waals surface area contributed by atoms with E-state index in [2.05, 4.69) is 5.32 Å². The van der Waals surface area contributed by atoms with Crippen molar-refractivity contribution in [3.8, 4) is 5.75 Å². The Hall–Kier alpha value is -2.57. The van der Waals surface area contributed by atoms with Gasteiger partial charge in [-0.05, 0) is 37.5 Å². The van der Waals surface area contributed by atoms with E-state index in [0.717, 1.165) is 24.2 Å². The van der Waals surface area contributed by atoms with Gasteiger partial charge in [-0.1, -0.05) is 12.1 Å². The highest BCUT2D eigenvalue weighted by molar-refractivity contribution is 5.81. The molecule has 0 bridgehead atoms. The standard InChI is InChI=1S/C20H28N2O5/c1-3-27-20(25)9-8-19(24)22-12-10-16(11-13-22)21-18(23)14-15-4-6-17(26-2)7-5-15/h4-7,16H,3,8-14H2,1-2H3,(H,21,23). The van der Waals surface area contributed by atoms with Crippen LogP contribution < -0.4 is 10.1 Å². The van der Waals surface area contributed by atoms with Crippen LogP contribution in [0.15, 0.2) is 24.3 Å². The first kappa shape index (κ1) is 20.7. The molecule has 2 rings (SSSR count). The lowest BCUT2D eigenvalue weighted by atomic mass is 10.0. The van der Waals surface area contributed by atoms with E-state index < -0.39 is 0 Å². The number of hydrogen-bond donors (Lipinski definition) is 1. The molecule has 1 aliphatic rings. The average molecular weight is 376 g/mol. The molecule has 1 fully saturated rings. The van der Waals surface area contributed by atoms with Crippen molar-refractivity contribution >= 4 is 17.8 Å². The Morgan fingerprint density at radius 1 is 1.11 bits per heavy atom. The minimum atomic E-state index is -0.341. The van der Waals surface area contributed by atoms with E-state index in [1.165, 1.54) is 0 Å². The lowest BCUT2D eigenvalue weighted by molar-refractivity contribution is -0.146. The molecule has 7 nitrogen and oxygen atoms in total. The summed E-state index contributed by atoms with van der Waals surface area (Å²) in [7, 11) is 1.61. The fourth-order valence-electron chi connectivity index (χ4n) is 3.08. The molecule has 27 heavy (non-hydrogen) atoms. The van der Waals surface area contributed by atoms with Crippen molar-refractivity contribution in [2.24, 2.45) is 0 Å². The molecule has 1 saturated heterocycles. The minimum absolute atomic E-state index is 0.0211. The van der Waals surface area contributed by atoms with Gasteiger partial charge in [0.1, 0.15) is 5.75 Å². The third kappa shape index (κ3) is 6.92. The fourth-order valence-corrected chi connectivity index (χ4v) is 3.08. The van der Waals surface area contributed by atoms with Crippen LogP contribution in [0.5, 0.6) is 5.75 Å². The summed E-state index contributed by atoms with van der Waals surface area (Å²) in [5, 5.41) is 3.04. The van der Waals surface area contributed by atoms with Crippen LogP contribution in [0.1, 0.15) is 38.2 Å². The van der Waals surface area contributed by atoms with Crippen molar-refractivity contribution in [3.63, 3.8) is 0 Å². The second-order valence-electron chi connectivity index (χ2n) is 6.55. The Morgan fingerprint density at radius 3 is 2.37 bits per heavy atom. The van der Waals surface area contributed by atoms with Crippen LogP contribution in [-0.2, 0) is 25.5 Å². The van der Waals surface area contributed by atoms with Crippen LogP contribution in [0.3, 0.4) is 0 Å². The number of likely N-dealkylation sites (tertiary alicyclic amines) is 1. The number of ether oxygens (including phenoxy) is 2. The van der Waals surface area contributed by atoms with Crippen molar-refractivity contribution in [1.82, 2.24) is 10.2 Å². The topological polar surface area (TPSA) is 84.9 Å². The zero-order chi connectivity index (χ0) is 19.6. The second-order valence-corrected chi connectivity index (χ2v) is 6.55. The van der Waals surface area contributed by atoms with Crippen molar-refractivity contribution in [2.45, 2.75) is 45.1 Å². The first-order chi connectivity index (χ1) is 13.0. The van der Waals surface area contributed by atoms with E-state index >= 15 is 0 Å². The van der Waals surface area contributed by atoms with Gasteiger partial charge in [-0.3, -0.25) is 14.4 Å². The van der Waals surface area contributed by atoms with Gasteiger partial charge in [0, 0.05) is 25.6 Å². The monoisotopic (exact) mass is 376 g/mol. The van der Waals surface area contributed by atoms with Crippen molar-refractivity contribution in [2.75, 3.05) is 26.8 Å². The third-order valence-corrected chi connectivity index (χ3v) is 4.58. The highest BCUT2D eigenvalue weighted by atomic mass is 16.5. The molecule has 0 atom stereocenters. The molecule has 1 N–H and O–H groups in total. The Kier molecular flexibility index (Phi) is 8.10. The molecule has 0 unspecified atom stereocenters. The van der Waals surface area contributed by atoms with Gasteiger partial charge in [0.05, 0.1) is 26.6 Å². The second kappa shape index (κ2) is 10.5. The number of carbonyl (C=O) groups excluding carboxylic acids is 3. The largest absolute Gasteiger partial charge is 0.497 e. The highest BCUT2D eigenvalue weighted by Gasteiger charge is 2.24. The van der Waals surface area contributed by atoms with Crippen LogP contribution in [0.25, 0.3) is 0 Å². The van der Waals surface area contributed by atoms with Gasteiger partial charge >= 0.3 is 5.97 Å². The van der Waals surface area contributed by atoms with Crippen LogP contribution in [0.4, 0.5) is 0 Å². The summed E-state index contributed by atoms with van der Waals surface area (Å²) in [5.41, 5.74) is 0.930. The number of benzene rings is 1. The molecule has 2 amide bonds. The molecule has 0 saturated carbocycles. The fraction of sp³-hybridized carbons (Fsp3) is 0.550. The van der Waals surface area contributed by atoms with E-state index in [1.807, 2.05) is 24.3 Å². The van der Waals surface area contributed by atoms with Crippen molar-refractivity contribution < 1.29 is 23.9 Å². The lowest BCUT2D eigenvalue weighted by Gasteiger charge is -2.32. The SMILES string of the molecule is CCOC(=O)CCC(=O)N1CCC(NC(=O)Cc2ccc(OC)cc2)CC1. The van der Waals surface area contributed by atoms with E-state index in [9.17, 15) is 14.4 Å². The number of nitrogens with zero attached hydrogens (tertiary/aromatic N) is 1.